The number of aliphatic hydroxyl groups is 1. The molecule has 2 aliphatic rings. The summed E-state index contributed by atoms with van der Waals surface area (Å²) in [5.41, 5.74) is 2.16. The molecule has 0 fully saturated rings. The molecule has 11 heteroatoms. The Morgan fingerprint density at radius 3 is 2.71 bits per heavy atom. The Morgan fingerprint density at radius 2 is 2.06 bits per heavy atom. The van der Waals surface area contributed by atoms with E-state index in [9.17, 15) is 22.3 Å². The zero-order chi connectivity index (χ0) is 25.1. The highest BCUT2D eigenvalue weighted by Crippen LogP contribution is 2.47. The minimum Gasteiger partial charge on any atom is -0.435 e. The summed E-state index contributed by atoms with van der Waals surface area (Å²) in [6.07, 6.45) is 6.79. The molecule has 0 radical (unpaired) electrons. The Hall–Kier alpha value is -2.82. The number of allylic oxidation sites excluding steroid dienone is 3. The van der Waals surface area contributed by atoms with Crippen LogP contribution in [0.5, 0.6) is 5.75 Å². The van der Waals surface area contributed by atoms with Crippen molar-refractivity contribution in [3.8, 4) is 5.75 Å². The van der Waals surface area contributed by atoms with Crippen LogP contribution in [0.25, 0.3) is 11.2 Å². The third-order valence-corrected chi connectivity index (χ3v) is 8.05. The third kappa shape index (κ3) is 4.34. The molecule has 6 nitrogen and oxygen atoms in total. The minimum absolute atomic E-state index is 0.0727. The topological polar surface area (TPSA) is 80.9 Å². The van der Waals surface area contributed by atoms with Gasteiger partial charge in [0.25, 0.3) is 0 Å². The van der Waals surface area contributed by atoms with Crippen molar-refractivity contribution in [3.63, 3.8) is 0 Å². The van der Waals surface area contributed by atoms with Crippen LogP contribution in [-0.2, 0) is 9.84 Å². The molecule has 0 spiro atoms. The first kappa shape index (κ1) is 23.9. The number of benzene rings is 1. The number of pyridine rings is 1. The summed E-state index contributed by atoms with van der Waals surface area (Å²) < 4.78 is 71.1. The van der Waals surface area contributed by atoms with Gasteiger partial charge in [-0.1, -0.05) is 29.8 Å². The number of aliphatic hydroxyl groups excluding tert-OH is 1. The van der Waals surface area contributed by atoms with Gasteiger partial charge in [-0.2, -0.15) is 8.78 Å². The molecule has 2 aromatic heterocycles. The van der Waals surface area contributed by atoms with Gasteiger partial charge < -0.3 is 14.2 Å². The Kier molecular flexibility index (Phi) is 5.93. The maximum absolute atomic E-state index is 15.0. The molecule has 0 saturated carbocycles. The van der Waals surface area contributed by atoms with Crippen molar-refractivity contribution < 1.29 is 31.4 Å². The molecule has 1 aromatic carbocycles. The smallest absolute Gasteiger partial charge is 0.387 e. The lowest BCUT2D eigenvalue weighted by molar-refractivity contribution is -0.0506. The molecule has 3 aromatic rings. The van der Waals surface area contributed by atoms with Crippen LogP contribution in [0.4, 0.5) is 13.2 Å². The number of rotatable bonds is 5. The lowest BCUT2D eigenvalue weighted by Crippen LogP contribution is -2.18. The van der Waals surface area contributed by atoms with E-state index >= 15 is 4.39 Å². The van der Waals surface area contributed by atoms with E-state index < -0.39 is 39.5 Å². The minimum atomic E-state index is -3.28. The quantitative estimate of drug-likeness (QED) is 0.505. The van der Waals surface area contributed by atoms with Gasteiger partial charge in [0.2, 0.25) is 0 Å². The second-order valence-electron chi connectivity index (χ2n) is 8.63. The van der Waals surface area contributed by atoms with Crippen molar-refractivity contribution in [2.45, 2.75) is 36.7 Å². The molecule has 2 aliphatic carbocycles. The number of sulfone groups is 1. The normalized spacial score (nSPS) is 22.0. The maximum atomic E-state index is 15.0. The number of hydrogen-bond acceptors (Lipinski definition) is 5. The number of imidazole rings is 1. The monoisotopic (exact) mass is 524 g/mol. The van der Waals surface area contributed by atoms with Gasteiger partial charge in [0.05, 0.1) is 22.7 Å². The number of hydrogen-bond donors (Lipinski definition) is 1. The molecular weight excluding hydrogens is 505 g/mol. The first-order valence-electron chi connectivity index (χ1n) is 10.7. The molecule has 3 atom stereocenters. The molecule has 5 rings (SSSR count). The van der Waals surface area contributed by atoms with Crippen LogP contribution >= 0.6 is 11.6 Å². The van der Waals surface area contributed by atoms with Crippen LogP contribution in [-0.4, -0.2) is 41.0 Å². The van der Waals surface area contributed by atoms with Gasteiger partial charge in [-0.05, 0) is 36.6 Å². The van der Waals surface area contributed by atoms with E-state index in [1.54, 1.807) is 16.6 Å². The summed E-state index contributed by atoms with van der Waals surface area (Å²) >= 11 is 6.14. The molecule has 0 aliphatic heterocycles. The van der Waals surface area contributed by atoms with Crippen molar-refractivity contribution in [1.29, 1.82) is 0 Å². The highest BCUT2D eigenvalue weighted by Gasteiger charge is 2.38. The van der Waals surface area contributed by atoms with E-state index in [1.165, 1.54) is 36.5 Å². The van der Waals surface area contributed by atoms with Crippen molar-refractivity contribution in [2.24, 2.45) is 0 Å². The van der Waals surface area contributed by atoms with E-state index in [0.29, 0.717) is 27.5 Å². The summed E-state index contributed by atoms with van der Waals surface area (Å²) in [6, 6.07) is 5.51. The number of nitrogens with zero attached hydrogens (tertiary/aromatic N) is 2. The second-order valence-corrected chi connectivity index (χ2v) is 11.3. The van der Waals surface area contributed by atoms with E-state index in [1.807, 2.05) is 0 Å². The summed E-state index contributed by atoms with van der Waals surface area (Å²) in [5.74, 6) is -1.23. The van der Waals surface area contributed by atoms with Crippen LogP contribution in [0, 0.1) is 5.82 Å². The highest BCUT2D eigenvalue weighted by molar-refractivity contribution is 7.91. The molecule has 0 amide bonds. The van der Waals surface area contributed by atoms with Crippen LogP contribution in [0.1, 0.15) is 47.4 Å². The van der Waals surface area contributed by atoms with E-state index in [-0.39, 0.29) is 29.8 Å². The largest absolute Gasteiger partial charge is 0.435 e. The van der Waals surface area contributed by atoms with Crippen LogP contribution in [0.3, 0.4) is 0 Å². The van der Waals surface area contributed by atoms with Gasteiger partial charge in [0.15, 0.2) is 9.84 Å². The number of ether oxygens (including phenoxy) is 1. The van der Waals surface area contributed by atoms with Crippen LogP contribution in [0.2, 0.25) is 5.02 Å². The molecule has 2 heterocycles. The highest BCUT2D eigenvalue weighted by atomic mass is 35.5. The third-order valence-electron chi connectivity index (χ3n) is 6.36. The Labute approximate surface area is 204 Å². The number of aromatic nitrogens is 2. The van der Waals surface area contributed by atoms with Gasteiger partial charge in [-0.3, -0.25) is 0 Å². The Balaban J connectivity index is 1.62. The van der Waals surface area contributed by atoms with E-state index in [0.717, 1.165) is 6.26 Å². The van der Waals surface area contributed by atoms with Crippen molar-refractivity contribution in [3.05, 3.63) is 82.0 Å². The molecule has 1 N–H and O–H groups in total. The number of fused-ring (bicyclic) bond motifs is 3. The van der Waals surface area contributed by atoms with Gasteiger partial charge in [0, 0.05) is 40.6 Å². The van der Waals surface area contributed by atoms with Crippen molar-refractivity contribution >= 4 is 32.7 Å². The predicted octanol–water partition coefficient (Wildman–Crippen LogP) is 5.05. The molecule has 1 unspecified atom stereocenters. The first-order chi connectivity index (χ1) is 16.5. The fraction of sp³-hybridized carbons (Fsp3) is 0.292. The summed E-state index contributed by atoms with van der Waals surface area (Å²) in [4.78, 5) is 4.39. The zero-order valence-corrected chi connectivity index (χ0v) is 19.9. The second kappa shape index (κ2) is 8.69. The van der Waals surface area contributed by atoms with Gasteiger partial charge in [-0.25, -0.2) is 17.8 Å². The molecule has 0 saturated heterocycles. The number of halogens is 4. The fourth-order valence-corrected chi connectivity index (χ4v) is 5.73. The standard InChI is InChI=1S/C24H20ClF3N2O4S/c1-35(32,33)14-5-2-12(3-6-14)17-11-30-21(10-18(17)26)29-22-19(31)9-16(23(22)30)15-8-13(25)4-7-20(15)34-24(27)28/h2-5,7-8,10-11,14,16,19,24,31H,6,9H2,1H3/t14?,16-,19-/m1/s1. The Morgan fingerprint density at radius 1 is 1.29 bits per heavy atom. The average Bonchev–Trinajstić information content (AvgIpc) is 3.30. The summed E-state index contributed by atoms with van der Waals surface area (Å²) in [6.45, 7) is -3.05. The molecular formula is C24H20ClF3N2O4S. The molecule has 184 valence electrons. The molecule has 0 bridgehead atoms. The van der Waals surface area contributed by atoms with Gasteiger partial charge in [0.1, 0.15) is 17.2 Å². The SMILES string of the molecule is CS(=O)(=O)C1C=CC(c2cn3c4c(nc3cc2F)[C@H](O)C[C@@H]4c2cc(Cl)ccc2OC(F)F)=CC1. The van der Waals surface area contributed by atoms with Crippen LogP contribution < -0.4 is 4.74 Å². The zero-order valence-electron chi connectivity index (χ0n) is 18.3. The average molecular weight is 525 g/mol. The molecule has 35 heavy (non-hydrogen) atoms. The number of alkyl halides is 2. The van der Waals surface area contributed by atoms with Gasteiger partial charge >= 0.3 is 6.61 Å². The lowest BCUT2D eigenvalue weighted by Gasteiger charge is -2.19. The van der Waals surface area contributed by atoms with Gasteiger partial charge in [-0.15, -0.1) is 0 Å². The predicted molar refractivity (Wildman–Crippen MR) is 125 cm³/mol. The maximum Gasteiger partial charge on any atom is 0.387 e. The van der Waals surface area contributed by atoms with Crippen molar-refractivity contribution in [2.75, 3.05) is 6.26 Å². The summed E-state index contributed by atoms with van der Waals surface area (Å²) in [7, 11) is -3.28. The Bertz CT molecular complexity index is 1500. The van der Waals surface area contributed by atoms with Crippen LogP contribution in [0.15, 0.2) is 48.7 Å². The van der Waals surface area contributed by atoms with E-state index in [2.05, 4.69) is 4.98 Å². The van der Waals surface area contributed by atoms with E-state index in [4.69, 9.17) is 16.3 Å². The fourth-order valence-electron chi connectivity index (χ4n) is 4.74. The summed E-state index contributed by atoms with van der Waals surface area (Å²) in [5, 5.41) is 10.3. The lowest BCUT2D eigenvalue weighted by atomic mass is 9.95. The van der Waals surface area contributed by atoms with Crippen molar-refractivity contribution in [1.82, 2.24) is 9.38 Å². The first-order valence-corrected chi connectivity index (χ1v) is 13.1.